The molecular formula is C22H24N2O5S. The van der Waals surface area contributed by atoms with Crippen molar-refractivity contribution in [3.05, 3.63) is 71.8 Å². The Morgan fingerprint density at radius 1 is 1.10 bits per heavy atom. The van der Waals surface area contributed by atoms with Crippen LogP contribution in [0, 0.1) is 0 Å². The maximum absolute atomic E-state index is 13.4. The average Bonchev–Trinajstić information content (AvgIpc) is 3.24. The summed E-state index contributed by atoms with van der Waals surface area (Å²) in [6.45, 7) is 1.84. The third-order valence-corrected chi connectivity index (χ3v) is 6.07. The van der Waals surface area contributed by atoms with Crippen LogP contribution in [0.5, 0.6) is 0 Å². The first-order valence-electron chi connectivity index (χ1n) is 9.68. The fraction of sp³-hybridized carbons (Fsp3) is 0.318. The minimum Gasteiger partial charge on any atom is -0.480 e. The topological polar surface area (TPSA) is 105 Å². The molecule has 158 valence electrons. The summed E-state index contributed by atoms with van der Waals surface area (Å²) in [4.78, 5) is 37.2. The average molecular weight is 429 g/mol. The lowest BCUT2D eigenvalue weighted by Crippen LogP contribution is -2.54. The van der Waals surface area contributed by atoms with E-state index >= 15 is 0 Å². The van der Waals surface area contributed by atoms with Gasteiger partial charge in [0.15, 0.2) is 6.04 Å². The molecule has 3 rings (SSSR count). The fourth-order valence-corrected chi connectivity index (χ4v) is 4.61. The van der Waals surface area contributed by atoms with Gasteiger partial charge in [0.2, 0.25) is 5.91 Å². The predicted octanol–water partition coefficient (Wildman–Crippen LogP) is 1.98. The van der Waals surface area contributed by atoms with Crippen LogP contribution in [0.1, 0.15) is 24.0 Å². The summed E-state index contributed by atoms with van der Waals surface area (Å²) in [5, 5.41) is 14.4. The summed E-state index contributed by atoms with van der Waals surface area (Å²) in [7, 11) is 0. The van der Waals surface area contributed by atoms with E-state index in [9.17, 15) is 19.5 Å². The number of rotatable bonds is 8. The van der Waals surface area contributed by atoms with Crippen molar-refractivity contribution in [3.63, 3.8) is 0 Å². The number of nitrogens with one attached hydrogen (secondary N) is 2. The van der Waals surface area contributed by atoms with E-state index in [4.69, 9.17) is 4.74 Å². The van der Waals surface area contributed by atoms with Crippen molar-refractivity contribution in [2.45, 2.75) is 30.3 Å². The number of benzene rings is 2. The first kappa shape index (κ1) is 21.9. The summed E-state index contributed by atoms with van der Waals surface area (Å²) in [5.41, 5.74) is 1.58. The Balaban J connectivity index is 1.87. The first-order valence-corrected chi connectivity index (χ1v) is 10.7. The van der Waals surface area contributed by atoms with Crippen molar-refractivity contribution in [1.29, 1.82) is 0 Å². The second-order valence-corrected chi connectivity index (χ2v) is 7.98. The van der Waals surface area contributed by atoms with E-state index in [0.717, 1.165) is 11.1 Å². The summed E-state index contributed by atoms with van der Waals surface area (Å²) in [6, 6.07) is 16.8. The van der Waals surface area contributed by atoms with Crippen molar-refractivity contribution in [1.82, 2.24) is 10.6 Å². The van der Waals surface area contributed by atoms with Gasteiger partial charge in [0.05, 0.1) is 17.9 Å². The van der Waals surface area contributed by atoms with Gasteiger partial charge < -0.3 is 15.2 Å². The molecule has 0 radical (unpaired) electrons. The molecule has 0 bridgehead atoms. The summed E-state index contributed by atoms with van der Waals surface area (Å²) >= 11 is 1.28. The van der Waals surface area contributed by atoms with E-state index in [1.54, 1.807) is 6.92 Å². The molecule has 3 atom stereocenters. The third kappa shape index (κ3) is 5.20. The molecule has 0 saturated carbocycles. The molecule has 1 fully saturated rings. The second kappa shape index (κ2) is 10.3. The highest BCUT2D eigenvalue weighted by atomic mass is 32.2. The molecule has 1 aliphatic heterocycles. The SMILES string of the molecule is CCOC(=O)[C@@H](NC(=O)C(c1ccccc1)c1ccccc1)[C@@H]1N[C@H](C(=O)O)CS1. The maximum atomic E-state index is 13.4. The van der Waals surface area contributed by atoms with Crippen LogP contribution < -0.4 is 10.6 Å². The van der Waals surface area contributed by atoms with E-state index in [2.05, 4.69) is 10.6 Å². The van der Waals surface area contributed by atoms with Crippen molar-refractivity contribution < 1.29 is 24.2 Å². The van der Waals surface area contributed by atoms with Crippen molar-refractivity contribution in [2.24, 2.45) is 0 Å². The highest BCUT2D eigenvalue weighted by molar-refractivity contribution is 8.00. The normalized spacial score (nSPS) is 19.3. The second-order valence-electron chi connectivity index (χ2n) is 6.80. The quantitative estimate of drug-likeness (QED) is 0.552. The van der Waals surface area contributed by atoms with Crippen molar-refractivity contribution in [2.75, 3.05) is 12.4 Å². The molecule has 2 aromatic carbocycles. The Morgan fingerprint density at radius 3 is 2.13 bits per heavy atom. The summed E-state index contributed by atoms with van der Waals surface area (Å²) in [5.74, 6) is -2.27. The predicted molar refractivity (Wildman–Crippen MR) is 114 cm³/mol. The van der Waals surface area contributed by atoms with Gasteiger partial charge in [-0.25, -0.2) is 4.79 Å². The largest absolute Gasteiger partial charge is 0.480 e. The highest BCUT2D eigenvalue weighted by Gasteiger charge is 2.40. The number of carboxylic acids is 1. The van der Waals surface area contributed by atoms with Gasteiger partial charge in [-0.1, -0.05) is 60.7 Å². The number of aliphatic carboxylic acids is 1. The van der Waals surface area contributed by atoms with Gasteiger partial charge in [-0.3, -0.25) is 14.9 Å². The molecule has 1 aliphatic rings. The van der Waals surface area contributed by atoms with Crippen molar-refractivity contribution >= 4 is 29.6 Å². The Hall–Kier alpha value is -2.84. The fourth-order valence-electron chi connectivity index (χ4n) is 3.34. The van der Waals surface area contributed by atoms with Gasteiger partial charge >= 0.3 is 11.9 Å². The summed E-state index contributed by atoms with van der Waals surface area (Å²) in [6.07, 6.45) is 0. The number of esters is 1. The van der Waals surface area contributed by atoms with Crippen LogP contribution >= 0.6 is 11.8 Å². The Labute approximate surface area is 179 Å². The number of ether oxygens (including phenoxy) is 1. The standard InChI is InChI=1S/C22H24N2O5S/c1-2-29-22(28)18(20-23-16(13-30-20)21(26)27)24-19(25)17(14-9-5-3-6-10-14)15-11-7-4-8-12-15/h3-12,16-18,20,23H,2,13H2,1H3,(H,24,25)(H,26,27)/t16-,18-,20+/m0/s1. The molecule has 2 aromatic rings. The maximum Gasteiger partial charge on any atom is 0.331 e. The minimum atomic E-state index is -1.01. The molecule has 1 amide bonds. The van der Waals surface area contributed by atoms with E-state index in [-0.39, 0.29) is 12.5 Å². The van der Waals surface area contributed by atoms with E-state index in [1.807, 2.05) is 60.7 Å². The van der Waals surface area contributed by atoms with Gasteiger partial charge in [0.1, 0.15) is 6.04 Å². The first-order chi connectivity index (χ1) is 14.5. The van der Waals surface area contributed by atoms with Gasteiger partial charge in [0.25, 0.3) is 0 Å². The molecule has 0 aliphatic carbocycles. The number of thioether (sulfide) groups is 1. The Kier molecular flexibility index (Phi) is 7.48. The van der Waals surface area contributed by atoms with Crippen LogP contribution in [0.2, 0.25) is 0 Å². The molecule has 0 spiro atoms. The minimum absolute atomic E-state index is 0.158. The number of carboxylic acid groups (broad SMARTS) is 1. The van der Waals surface area contributed by atoms with Crippen LogP contribution in [0.25, 0.3) is 0 Å². The lowest BCUT2D eigenvalue weighted by atomic mass is 9.90. The number of hydrogen-bond donors (Lipinski definition) is 3. The Morgan fingerprint density at radius 2 is 1.67 bits per heavy atom. The molecule has 3 N–H and O–H groups in total. The van der Waals surface area contributed by atoms with E-state index in [0.29, 0.717) is 5.75 Å². The van der Waals surface area contributed by atoms with Crippen LogP contribution in [0.15, 0.2) is 60.7 Å². The zero-order valence-electron chi connectivity index (χ0n) is 16.5. The highest BCUT2D eigenvalue weighted by Crippen LogP contribution is 2.27. The van der Waals surface area contributed by atoms with Crippen LogP contribution in [-0.2, 0) is 19.1 Å². The zero-order chi connectivity index (χ0) is 21.5. The van der Waals surface area contributed by atoms with Gasteiger partial charge in [-0.15, -0.1) is 11.8 Å². The van der Waals surface area contributed by atoms with Crippen LogP contribution in [0.3, 0.4) is 0 Å². The molecule has 30 heavy (non-hydrogen) atoms. The molecule has 7 nitrogen and oxygen atoms in total. The number of carbonyl (C=O) groups is 3. The molecular weight excluding hydrogens is 404 g/mol. The number of carbonyl (C=O) groups excluding carboxylic acids is 2. The zero-order valence-corrected chi connectivity index (χ0v) is 17.3. The van der Waals surface area contributed by atoms with Crippen LogP contribution in [-0.4, -0.2) is 52.8 Å². The molecule has 1 heterocycles. The van der Waals surface area contributed by atoms with Gasteiger partial charge in [-0.2, -0.15) is 0 Å². The lowest BCUT2D eigenvalue weighted by Gasteiger charge is -2.26. The molecule has 1 saturated heterocycles. The monoisotopic (exact) mass is 428 g/mol. The van der Waals surface area contributed by atoms with Gasteiger partial charge in [-0.05, 0) is 18.1 Å². The smallest absolute Gasteiger partial charge is 0.331 e. The van der Waals surface area contributed by atoms with Crippen molar-refractivity contribution in [3.8, 4) is 0 Å². The molecule has 8 heteroatoms. The number of amides is 1. The molecule has 0 unspecified atom stereocenters. The lowest BCUT2D eigenvalue weighted by molar-refractivity contribution is -0.148. The summed E-state index contributed by atoms with van der Waals surface area (Å²) < 4.78 is 5.15. The van der Waals surface area contributed by atoms with Gasteiger partial charge in [0, 0.05) is 5.75 Å². The van der Waals surface area contributed by atoms with E-state index in [1.165, 1.54) is 11.8 Å². The van der Waals surface area contributed by atoms with Crippen LogP contribution in [0.4, 0.5) is 0 Å². The van der Waals surface area contributed by atoms with E-state index < -0.39 is 35.3 Å². The molecule has 0 aromatic heterocycles. The Bertz CT molecular complexity index is 838. The number of hydrogen-bond acceptors (Lipinski definition) is 6. The third-order valence-electron chi connectivity index (χ3n) is 4.78.